The molecule has 4 aromatic rings. The summed E-state index contributed by atoms with van der Waals surface area (Å²) >= 11 is 0. The van der Waals surface area contributed by atoms with E-state index in [1.54, 1.807) is 13.2 Å². The number of anilines is 1. The SMILES string of the molecule is COCOc1cc(-c2ccc3c(N4CC5CCC(C4)N5C(=O)OC(C)(C)C)nc(OC[C@@H]4CCCNC[C@H](F)C4)nc3c2OC2CC2)c2c(C#C[Si](C(C)C)(C(C)C)C(C)C)c(F)ccc2c1. The molecule has 1 saturated carbocycles. The summed E-state index contributed by atoms with van der Waals surface area (Å²) in [5.41, 5.74) is 6.55. The second-order valence-corrected chi connectivity index (χ2v) is 26.8. The standard InChI is InChI=1S/C53H71F2N5O6Si/c1-32(2)67(33(3)4,34(5)6)23-21-43-46(55)20-13-36-25-41(64-31-62-10)26-45(47(36)43)42-18-19-44-48(49(42)65-40-16-17-40)57-51(63-30-35-12-11-22-56-27-37(54)24-35)58-50(44)59-28-38-14-15-39(29-59)60(38)52(61)66-53(7,8)9/h13,18-20,25-26,32-35,37-40,56H,11-12,14-17,22,24,27-31H2,1-10H3/t35-,37-,38?,39?/m1/s1. The average Bonchev–Trinajstić information content (AvgIpc) is 4.04. The molecule has 3 saturated heterocycles. The number of amides is 1. The first-order valence-corrected chi connectivity index (χ1v) is 26.9. The van der Waals surface area contributed by atoms with Gasteiger partial charge in [-0.3, -0.25) is 4.90 Å². The largest absolute Gasteiger partial charge is 0.487 e. The summed E-state index contributed by atoms with van der Waals surface area (Å²) in [4.78, 5) is 28.0. The third-order valence-electron chi connectivity index (χ3n) is 14.3. The van der Waals surface area contributed by atoms with Crippen molar-refractivity contribution in [2.24, 2.45) is 5.92 Å². The Balaban J connectivity index is 1.32. The van der Waals surface area contributed by atoms with E-state index in [1.807, 2.05) is 49.9 Å². The highest BCUT2D eigenvalue weighted by Gasteiger charge is 2.46. The quantitative estimate of drug-likeness (QED) is 0.0791. The molecule has 1 aliphatic carbocycles. The number of alkyl halides is 1. The van der Waals surface area contributed by atoms with Gasteiger partial charge in [-0.2, -0.15) is 9.97 Å². The van der Waals surface area contributed by atoms with Crippen molar-refractivity contribution in [3.63, 3.8) is 0 Å². The van der Waals surface area contributed by atoms with Gasteiger partial charge in [0.2, 0.25) is 0 Å². The number of carbonyl (C=O) groups excluding carboxylic acids is 1. The van der Waals surface area contributed by atoms with Crippen LogP contribution in [0, 0.1) is 23.2 Å². The van der Waals surface area contributed by atoms with Crippen LogP contribution in [0.1, 0.15) is 113 Å². The number of piperazine rings is 1. The molecule has 4 atom stereocenters. The van der Waals surface area contributed by atoms with Crippen molar-refractivity contribution in [1.82, 2.24) is 20.2 Å². The van der Waals surface area contributed by atoms with Crippen LogP contribution in [0.4, 0.5) is 19.4 Å². The molecular weight excluding hydrogens is 869 g/mol. The van der Waals surface area contributed by atoms with E-state index in [0.717, 1.165) is 55.8 Å². The zero-order valence-electron chi connectivity index (χ0n) is 41.3. The van der Waals surface area contributed by atoms with Crippen molar-refractivity contribution in [1.29, 1.82) is 0 Å². The lowest BCUT2D eigenvalue weighted by molar-refractivity contribution is 0.0122. The maximum absolute atomic E-state index is 16.6. The number of nitrogens with one attached hydrogen (secondary N) is 1. The second-order valence-electron chi connectivity index (χ2n) is 21.2. The number of halogens is 2. The van der Waals surface area contributed by atoms with Gasteiger partial charge < -0.3 is 33.9 Å². The number of methoxy groups -OCH3 is 1. The van der Waals surface area contributed by atoms with Gasteiger partial charge in [0.15, 0.2) is 12.5 Å². The predicted octanol–water partition coefficient (Wildman–Crippen LogP) is 11.4. The maximum atomic E-state index is 16.6. The maximum Gasteiger partial charge on any atom is 0.410 e. The van der Waals surface area contributed by atoms with Crippen LogP contribution in [0.3, 0.4) is 0 Å². The molecule has 14 heteroatoms. The molecule has 1 amide bonds. The van der Waals surface area contributed by atoms with Gasteiger partial charge in [0, 0.05) is 43.1 Å². The Hall–Kier alpha value is -4.71. The van der Waals surface area contributed by atoms with Crippen molar-refractivity contribution >= 4 is 41.7 Å². The Morgan fingerprint density at radius 3 is 2.30 bits per heavy atom. The molecule has 1 aromatic heterocycles. The highest BCUT2D eigenvalue weighted by Crippen LogP contribution is 2.48. The molecule has 362 valence electrons. The molecule has 4 fully saturated rings. The van der Waals surface area contributed by atoms with Crippen LogP contribution < -0.4 is 24.4 Å². The topological polar surface area (TPSA) is 108 Å². The van der Waals surface area contributed by atoms with Crippen LogP contribution in [0.25, 0.3) is 32.8 Å². The third-order valence-corrected chi connectivity index (χ3v) is 20.6. The van der Waals surface area contributed by atoms with E-state index in [9.17, 15) is 9.18 Å². The Bertz CT molecular complexity index is 2460. The number of benzene rings is 3. The van der Waals surface area contributed by atoms with Gasteiger partial charge in [0.05, 0.1) is 30.4 Å². The molecule has 0 radical (unpaired) electrons. The van der Waals surface area contributed by atoms with Gasteiger partial charge in [-0.25, -0.2) is 13.6 Å². The molecule has 8 rings (SSSR count). The number of carbonyl (C=O) groups is 1. The molecule has 4 heterocycles. The molecule has 4 aliphatic rings. The zero-order chi connectivity index (χ0) is 47.8. The minimum absolute atomic E-state index is 0.0129. The van der Waals surface area contributed by atoms with E-state index in [-0.39, 0.29) is 49.6 Å². The van der Waals surface area contributed by atoms with Gasteiger partial charge in [0.1, 0.15) is 42.7 Å². The molecule has 2 bridgehead atoms. The summed E-state index contributed by atoms with van der Waals surface area (Å²) in [6, 6.07) is 11.2. The number of nitrogens with zero attached hydrogens (tertiary/aromatic N) is 4. The molecular formula is C53H71F2N5O6Si. The van der Waals surface area contributed by atoms with E-state index in [0.29, 0.717) is 87.6 Å². The van der Waals surface area contributed by atoms with Crippen molar-refractivity contribution < 1.29 is 37.3 Å². The van der Waals surface area contributed by atoms with E-state index in [4.69, 9.17) is 33.7 Å². The second kappa shape index (κ2) is 20.1. The first-order chi connectivity index (χ1) is 32.0. The lowest BCUT2D eigenvalue weighted by atomic mass is 9.92. The van der Waals surface area contributed by atoms with Gasteiger partial charge in [-0.05, 0) is 136 Å². The van der Waals surface area contributed by atoms with Gasteiger partial charge in [0.25, 0.3) is 0 Å². The highest BCUT2D eigenvalue weighted by molar-refractivity contribution is 6.90. The molecule has 3 aromatic carbocycles. The Morgan fingerprint density at radius 1 is 0.925 bits per heavy atom. The van der Waals surface area contributed by atoms with Crippen LogP contribution in [0.15, 0.2) is 36.4 Å². The number of aromatic nitrogens is 2. The van der Waals surface area contributed by atoms with E-state index >= 15 is 4.39 Å². The summed E-state index contributed by atoms with van der Waals surface area (Å²) in [5.74, 6) is 4.85. The van der Waals surface area contributed by atoms with E-state index in [1.165, 1.54) is 6.07 Å². The summed E-state index contributed by atoms with van der Waals surface area (Å²) in [6.07, 6.45) is 4.25. The predicted molar refractivity (Wildman–Crippen MR) is 264 cm³/mol. The number of hydrogen-bond donors (Lipinski definition) is 1. The average molecular weight is 940 g/mol. The molecule has 0 spiro atoms. The van der Waals surface area contributed by atoms with Crippen LogP contribution in [0.5, 0.6) is 17.5 Å². The van der Waals surface area contributed by atoms with Gasteiger partial charge in [-0.15, -0.1) is 5.54 Å². The number of ether oxygens (including phenoxy) is 5. The van der Waals surface area contributed by atoms with Crippen LogP contribution in [0.2, 0.25) is 16.6 Å². The van der Waals surface area contributed by atoms with Gasteiger partial charge in [-0.1, -0.05) is 53.5 Å². The third kappa shape index (κ3) is 10.5. The summed E-state index contributed by atoms with van der Waals surface area (Å²) in [7, 11) is -0.697. The first-order valence-electron chi connectivity index (χ1n) is 24.6. The number of hydrogen-bond acceptors (Lipinski definition) is 10. The van der Waals surface area contributed by atoms with E-state index in [2.05, 4.69) is 63.2 Å². The van der Waals surface area contributed by atoms with Crippen molar-refractivity contribution in [2.75, 3.05) is 51.6 Å². The fraction of sp³-hybridized carbons (Fsp3) is 0.604. The smallest absolute Gasteiger partial charge is 0.410 e. The van der Waals surface area contributed by atoms with Crippen LogP contribution in [-0.2, 0) is 9.47 Å². The van der Waals surface area contributed by atoms with Gasteiger partial charge >= 0.3 is 12.1 Å². The minimum atomic E-state index is -2.27. The van der Waals surface area contributed by atoms with E-state index < -0.39 is 25.7 Å². The Kier molecular flexibility index (Phi) is 14.6. The zero-order valence-corrected chi connectivity index (χ0v) is 42.3. The molecule has 11 nitrogen and oxygen atoms in total. The first kappa shape index (κ1) is 48.7. The molecule has 3 aliphatic heterocycles. The Labute approximate surface area is 397 Å². The highest BCUT2D eigenvalue weighted by atomic mass is 28.3. The summed E-state index contributed by atoms with van der Waals surface area (Å²) in [6.45, 7) is 21.7. The molecule has 2 unspecified atom stereocenters. The van der Waals surface area contributed by atoms with Crippen molar-refractivity contribution in [2.45, 2.75) is 154 Å². The molecule has 67 heavy (non-hydrogen) atoms. The van der Waals surface area contributed by atoms with Crippen molar-refractivity contribution in [3.8, 4) is 40.1 Å². The lowest BCUT2D eigenvalue weighted by Crippen LogP contribution is -2.57. The van der Waals surface area contributed by atoms with Crippen LogP contribution in [-0.4, -0.2) is 106 Å². The minimum Gasteiger partial charge on any atom is -0.487 e. The lowest BCUT2D eigenvalue weighted by Gasteiger charge is -2.42. The monoisotopic (exact) mass is 940 g/mol. The fourth-order valence-corrected chi connectivity index (χ4v) is 16.3. The van der Waals surface area contributed by atoms with Crippen molar-refractivity contribution in [3.05, 3.63) is 47.8 Å². The number of rotatable bonds is 13. The number of fused-ring (bicyclic) bond motifs is 4. The van der Waals surface area contributed by atoms with Crippen LogP contribution >= 0.6 is 0 Å². The normalized spacial score (nSPS) is 21.4. The summed E-state index contributed by atoms with van der Waals surface area (Å²) in [5, 5.41) is 5.40. The summed E-state index contributed by atoms with van der Waals surface area (Å²) < 4.78 is 62.5. The fourth-order valence-electron chi connectivity index (χ4n) is 11.1. The molecule has 1 N–H and O–H groups in total. The Morgan fingerprint density at radius 2 is 1.64 bits per heavy atom.